The molecule has 0 amide bonds. The maximum Gasteiger partial charge on any atom is 0.191 e. The fourth-order valence-corrected chi connectivity index (χ4v) is 3.58. The summed E-state index contributed by atoms with van der Waals surface area (Å²) in [6.07, 6.45) is 5.06. The number of halogens is 2. The van der Waals surface area contributed by atoms with Gasteiger partial charge in [-0.15, -0.1) is 24.0 Å². The van der Waals surface area contributed by atoms with Crippen molar-refractivity contribution in [3.63, 3.8) is 0 Å². The number of likely N-dealkylation sites (tertiary alicyclic amines) is 1. The first-order valence-electron chi connectivity index (χ1n) is 9.17. The summed E-state index contributed by atoms with van der Waals surface area (Å²) in [5.41, 5.74) is 0. The zero-order chi connectivity index (χ0) is 17.6. The van der Waals surface area contributed by atoms with Crippen LogP contribution in [0.15, 0.2) is 23.3 Å². The van der Waals surface area contributed by atoms with Crippen LogP contribution in [0.3, 0.4) is 0 Å². The van der Waals surface area contributed by atoms with Crippen LogP contribution < -0.4 is 15.5 Å². The quantitative estimate of drug-likeness (QED) is 0.395. The lowest BCUT2D eigenvalue weighted by molar-refractivity contribution is 0.220. The molecule has 3 rings (SSSR count). The number of hydrogen-bond acceptors (Lipinski definition) is 4. The van der Waals surface area contributed by atoms with E-state index in [-0.39, 0.29) is 35.8 Å². The van der Waals surface area contributed by atoms with Gasteiger partial charge in [0.15, 0.2) is 17.6 Å². The summed E-state index contributed by atoms with van der Waals surface area (Å²) in [6.45, 7) is 4.84. The molecule has 8 heteroatoms. The van der Waals surface area contributed by atoms with E-state index in [9.17, 15) is 4.39 Å². The summed E-state index contributed by atoms with van der Waals surface area (Å²) in [5, 5.41) is 6.93. The van der Waals surface area contributed by atoms with Gasteiger partial charge in [-0.25, -0.2) is 9.37 Å². The Hall–Kier alpha value is -1.16. The van der Waals surface area contributed by atoms with Crippen LogP contribution in [0.1, 0.15) is 19.3 Å². The van der Waals surface area contributed by atoms with E-state index in [0.29, 0.717) is 11.7 Å². The van der Waals surface area contributed by atoms with Crippen LogP contribution in [-0.4, -0.2) is 68.7 Å². The SMILES string of the molecule is CN=C(NCC1CCN(C)CC1)NC1CCN(c2ncccc2F)C1.I. The highest BCUT2D eigenvalue weighted by Crippen LogP contribution is 2.20. The summed E-state index contributed by atoms with van der Waals surface area (Å²) >= 11 is 0. The highest BCUT2D eigenvalue weighted by atomic mass is 127. The number of rotatable bonds is 4. The van der Waals surface area contributed by atoms with E-state index < -0.39 is 0 Å². The van der Waals surface area contributed by atoms with Crippen LogP contribution >= 0.6 is 24.0 Å². The van der Waals surface area contributed by atoms with Crippen molar-refractivity contribution < 1.29 is 4.39 Å². The molecule has 2 N–H and O–H groups in total. The molecule has 2 fully saturated rings. The van der Waals surface area contributed by atoms with E-state index >= 15 is 0 Å². The van der Waals surface area contributed by atoms with Gasteiger partial charge in [-0.1, -0.05) is 0 Å². The van der Waals surface area contributed by atoms with Gasteiger partial charge in [-0.05, 0) is 57.5 Å². The number of aliphatic imine (C=N–C) groups is 1. The van der Waals surface area contributed by atoms with Crippen LogP contribution in [0, 0.1) is 11.7 Å². The molecule has 146 valence electrons. The lowest BCUT2D eigenvalue weighted by atomic mass is 9.97. The maximum atomic E-state index is 13.9. The number of anilines is 1. The van der Waals surface area contributed by atoms with Gasteiger partial charge in [0.2, 0.25) is 0 Å². The third kappa shape index (κ3) is 5.67. The third-order valence-corrected chi connectivity index (χ3v) is 5.19. The van der Waals surface area contributed by atoms with Gasteiger partial charge in [-0.2, -0.15) is 0 Å². The Balaban J connectivity index is 0.00000243. The number of pyridine rings is 1. The average Bonchev–Trinajstić information content (AvgIpc) is 3.08. The van der Waals surface area contributed by atoms with Crippen molar-refractivity contribution in [1.82, 2.24) is 20.5 Å². The Kier molecular flexibility index (Phi) is 8.33. The van der Waals surface area contributed by atoms with Crippen molar-refractivity contribution in [2.45, 2.75) is 25.3 Å². The first kappa shape index (κ1) is 21.1. The standard InChI is InChI=1S/C18H29FN6.HI/c1-20-18(22-12-14-5-9-24(2)10-6-14)23-15-7-11-25(13-15)17-16(19)4-3-8-21-17;/h3-4,8,14-15H,5-7,9-13H2,1-2H3,(H2,20,22,23);1H. The van der Waals surface area contributed by atoms with Gasteiger partial charge in [-0.3, -0.25) is 4.99 Å². The minimum atomic E-state index is -0.257. The number of aromatic nitrogens is 1. The molecule has 3 heterocycles. The van der Waals surface area contributed by atoms with E-state index in [2.05, 4.69) is 32.6 Å². The Morgan fingerprint density at radius 1 is 1.31 bits per heavy atom. The molecule has 2 aliphatic heterocycles. The topological polar surface area (TPSA) is 55.8 Å². The number of nitrogens with zero attached hydrogens (tertiary/aromatic N) is 4. The predicted octanol–water partition coefficient (Wildman–Crippen LogP) is 1.92. The third-order valence-electron chi connectivity index (χ3n) is 5.19. The lowest BCUT2D eigenvalue weighted by Gasteiger charge is -2.29. The van der Waals surface area contributed by atoms with Gasteiger partial charge in [0.25, 0.3) is 0 Å². The molecule has 1 aromatic heterocycles. The van der Waals surface area contributed by atoms with E-state index in [4.69, 9.17) is 0 Å². The summed E-state index contributed by atoms with van der Waals surface area (Å²) in [6, 6.07) is 3.34. The van der Waals surface area contributed by atoms with Crippen molar-refractivity contribution in [3.05, 3.63) is 24.1 Å². The van der Waals surface area contributed by atoms with E-state index in [1.165, 1.54) is 32.0 Å². The molecule has 26 heavy (non-hydrogen) atoms. The fraction of sp³-hybridized carbons (Fsp3) is 0.667. The maximum absolute atomic E-state index is 13.9. The van der Waals surface area contributed by atoms with Crippen molar-refractivity contribution in [1.29, 1.82) is 0 Å². The smallest absolute Gasteiger partial charge is 0.191 e. The van der Waals surface area contributed by atoms with Crippen LogP contribution in [0.25, 0.3) is 0 Å². The van der Waals surface area contributed by atoms with Crippen LogP contribution in [0.2, 0.25) is 0 Å². The zero-order valence-corrected chi connectivity index (χ0v) is 17.9. The molecule has 0 aromatic carbocycles. The molecule has 1 atom stereocenters. The van der Waals surface area contributed by atoms with E-state index in [1.54, 1.807) is 19.3 Å². The normalized spacial score (nSPS) is 22.2. The molecule has 0 saturated carbocycles. The fourth-order valence-electron chi connectivity index (χ4n) is 3.58. The van der Waals surface area contributed by atoms with Crippen molar-refractivity contribution in [2.24, 2.45) is 10.9 Å². The van der Waals surface area contributed by atoms with Gasteiger partial charge in [0.05, 0.1) is 0 Å². The summed E-state index contributed by atoms with van der Waals surface area (Å²) < 4.78 is 13.9. The Bertz CT molecular complexity index is 591. The zero-order valence-electron chi connectivity index (χ0n) is 15.6. The second-order valence-corrected chi connectivity index (χ2v) is 7.08. The van der Waals surface area contributed by atoms with Crippen molar-refractivity contribution in [2.75, 3.05) is 51.7 Å². The Morgan fingerprint density at radius 2 is 2.08 bits per heavy atom. The molecule has 1 unspecified atom stereocenters. The van der Waals surface area contributed by atoms with Crippen LogP contribution in [0.4, 0.5) is 10.2 Å². The largest absolute Gasteiger partial charge is 0.356 e. The second kappa shape index (κ2) is 10.2. The Labute approximate surface area is 172 Å². The van der Waals surface area contributed by atoms with Crippen molar-refractivity contribution in [3.8, 4) is 0 Å². The number of guanidine groups is 1. The summed E-state index contributed by atoms with van der Waals surface area (Å²) in [4.78, 5) is 12.9. The first-order chi connectivity index (χ1) is 12.2. The number of piperidine rings is 1. The molecule has 0 spiro atoms. The first-order valence-corrected chi connectivity index (χ1v) is 9.17. The lowest BCUT2D eigenvalue weighted by Crippen LogP contribution is -2.46. The highest BCUT2D eigenvalue weighted by molar-refractivity contribution is 14.0. The van der Waals surface area contributed by atoms with Gasteiger partial charge < -0.3 is 20.4 Å². The molecule has 6 nitrogen and oxygen atoms in total. The minimum Gasteiger partial charge on any atom is -0.356 e. The minimum absolute atomic E-state index is 0. The second-order valence-electron chi connectivity index (χ2n) is 7.08. The molecular weight excluding hydrogens is 446 g/mol. The molecular formula is C18H30FIN6. The molecule has 0 aliphatic carbocycles. The van der Waals surface area contributed by atoms with Crippen molar-refractivity contribution >= 4 is 35.8 Å². The van der Waals surface area contributed by atoms with Crippen LogP contribution in [0.5, 0.6) is 0 Å². The van der Waals surface area contributed by atoms with Gasteiger partial charge in [0, 0.05) is 38.9 Å². The highest BCUT2D eigenvalue weighted by Gasteiger charge is 2.26. The molecule has 2 aliphatic rings. The molecule has 0 bridgehead atoms. The number of nitrogens with one attached hydrogen (secondary N) is 2. The molecule has 1 aromatic rings. The van der Waals surface area contributed by atoms with E-state index in [0.717, 1.165) is 32.0 Å². The summed E-state index contributed by atoms with van der Waals surface area (Å²) in [7, 11) is 3.98. The van der Waals surface area contributed by atoms with E-state index in [1.807, 2.05) is 4.90 Å². The summed E-state index contributed by atoms with van der Waals surface area (Å²) in [5.74, 6) is 1.73. The van der Waals surface area contributed by atoms with Crippen LogP contribution in [-0.2, 0) is 0 Å². The number of hydrogen-bond donors (Lipinski definition) is 2. The molecule has 2 saturated heterocycles. The predicted molar refractivity (Wildman–Crippen MR) is 115 cm³/mol. The monoisotopic (exact) mass is 476 g/mol. The average molecular weight is 476 g/mol. The van der Waals surface area contributed by atoms with Gasteiger partial charge >= 0.3 is 0 Å². The Morgan fingerprint density at radius 3 is 2.77 bits per heavy atom. The van der Waals surface area contributed by atoms with Gasteiger partial charge in [0.1, 0.15) is 0 Å². The molecule has 0 radical (unpaired) electrons.